The van der Waals surface area contributed by atoms with E-state index in [0.717, 1.165) is 16.8 Å². The van der Waals surface area contributed by atoms with Crippen molar-refractivity contribution in [2.45, 2.75) is 26.9 Å². The molecule has 0 heterocycles. The number of anilines is 2. The molecule has 0 saturated carbocycles. The fourth-order valence-corrected chi connectivity index (χ4v) is 3.07. The maximum Gasteiger partial charge on any atom is 0.265 e. The van der Waals surface area contributed by atoms with Gasteiger partial charge in [0.15, 0.2) is 6.10 Å². The molecule has 0 aliphatic rings. The van der Waals surface area contributed by atoms with Gasteiger partial charge in [-0.1, -0.05) is 41.4 Å². The van der Waals surface area contributed by atoms with Gasteiger partial charge in [-0.25, -0.2) is 0 Å². The van der Waals surface area contributed by atoms with Gasteiger partial charge in [-0.15, -0.1) is 0 Å². The van der Waals surface area contributed by atoms with Crippen LogP contribution < -0.4 is 15.4 Å². The molecule has 0 fully saturated rings. The number of benzene rings is 3. The number of para-hydroxylation sites is 1. The number of aryl methyl sites for hydroxylation is 2. The lowest BCUT2D eigenvalue weighted by Crippen LogP contribution is -2.30. The minimum Gasteiger partial charge on any atom is -0.481 e. The molecule has 3 aromatic carbocycles. The Morgan fingerprint density at radius 3 is 2.27 bits per heavy atom. The van der Waals surface area contributed by atoms with Crippen LogP contribution >= 0.6 is 11.6 Å². The van der Waals surface area contributed by atoms with E-state index >= 15 is 0 Å². The van der Waals surface area contributed by atoms with Crippen molar-refractivity contribution in [3.8, 4) is 5.75 Å². The molecule has 0 saturated heterocycles. The van der Waals surface area contributed by atoms with Gasteiger partial charge in [0.2, 0.25) is 0 Å². The summed E-state index contributed by atoms with van der Waals surface area (Å²) < 4.78 is 5.69. The SMILES string of the molecule is Cc1ccc(NC(=O)c2ccc(OC(C)C(=O)Nc3ccccc3Cl)cc2)c(C)c1. The Morgan fingerprint density at radius 1 is 0.900 bits per heavy atom. The molecule has 3 rings (SSSR count). The van der Waals surface area contributed by atoms with Crippen LogP contribution in [0.4, 0.5) is 11.4 Å². The Morgan fingerprint density at radius 2 is 1.60 bits per heavy atom. The molecule has 0 aliphatic carbocycles. The smallest absolute Gasteiger partial charge is 0.265 e. The van der Waals surface area contributed by atoms with Crippen LogP contribution in [0.3, 0.4) is 0 Å². The first kappa shape index (κ1) is 21.4. The zero-order chi connectivity index (χ0) is 21.7. The van der Waals surface area contributed by atoms with Crippen molar-refractivity contribution < 1.29 is 14.3 Å². The van der Waals surface area contributed by atoms with E-state index in [2.05, 4.69) is 10.6 Å². The van der Waals surface area contributed by atoms with Crippen LogP contribution in [0, 0.1) is 13.8 Å². The van der Waals surface area contributed by atoms with Crippen molar-refractivity contribution in [3.63, 3.8) is 0 Å². The quantitative estimate of drug-likeness (QED) is 0.542. The van der Waals surface area contributed by atoms with Gasteiger partial charge in [0.25, 0.3) is 11.8 Å². The van der Waals surface area contributed by atoms with E-state index in [0.29, 0.717) is 22.0 Å². The number of hydrogen-bond acceptors (Lipinski definition) is 3. The summed E-state index contributed by atoms with van der Waals surface area (Å²) in [6.07, 6.45) is -0.740. The Kier molecular flexibility index (Phi) is 6.75. The predicted molar refractivity (Wildman–Crippen MR) is 120 cm³/mol. The third-order valence-electron chi connectivity index (χ3n) is 4.56. The molecule has 2 N–H and O–H groups in total. The highest BCUT2D eigenvalue weighted by atomic mass is 35.5. The predicted octanol–water partition coefficient (Wildman–Crippen LogP) is 5.62. The summed E-state index contributed by atoms with van der Waals surface area (Å²) in [6, 6.07) is 19.5. The summed E-state index contributed by atoms with van der Waals surface area (Å²) in [5.74, 6) is -0.0438. The van der Waals surface area contributed by atoms with Crippen molar-refractivity contribution in [3.05, 3.63) is 88.4 Å². The van der Waals surface area contributed by atoms with Crippen molar-refractivity contribution in [2.75, 3.05) is 10.6 Å². The fraction of sp³-hybridized carbons (Fsp3) is 0.167. The van der Waals surface area contributed by atoms with E-state index < -0.39 is 6.10 Å². The first-order valence-corrected chi connectivity index (χ1v) is 9.92. The summed E-state index contributed by atoms with van der Waals surface area (Å²) >= 11 is 6.06. The standard InChI is InChI=1S/C24H23ClN2O3/c1-15-8-13-21(16(2)14-15)26-24(29)18-9-11-19(12-10-18)30-17(3)23(28)27-22-7-5-4-6-20(22)25/h4-14,17H,1-3H3,(H,26,29)(H,27,28). The molecule has 0 aromatic heterocycles. The van der Waals surface area contributed by atoms with Crippen molar-refractivity contribution in [1.82, 2.24) is 0 Å². The monoisotopic (exact) mass is 422 g/mol. The van der Waals surface area contributed by atoms with Crippen LogP contribution in [0.5, 0.6) is 5.75 Å². The summed E-state index contributed by atoms with van der Waals surface area (Å²) in [4.78, 5) is 24.8. The van der Waals surface area contributed by atoms with Crippen LogP contribution in [0.25, 0.3) is 0 Å². The molecule has 2 amide bonds. The van der Waals surface area contributed by atoms with Crippen LogP contribution in [-0.2, 0) is 4.79 Å². The molecule has 6 heteroatoms. The molecule has 154 valence electrons. The maximum atomic E-state index is 12.5. The molecular weight excluding hydrogens is 400 g/mol. The van der Waals surface area contributed by atoms with Gasteiger partial charge in [0, 0.05) is 11.3 Å². The topological polar surface area (TPSA) is 67.4 Å². The van der Waals surface area contributed by atoms with Crippen LogP contribution in [0.2, 0.25) is 5.02 Å². The lowest BCUT2D eigenvalue weighted by molar-refractivity contribution is -0.122. The number of ether oxygens (including phenoxy) is 1. The van der Waals surface area contributed by atoms with Crippen molar-refractivity contribution in [1.29, 1.82) is 0 Å². The van der Waals surface area contributed by atoms with Gasteiger partial charge in [-0.3, -0.25) is 9.59 Å². The number of carbonyl (C=O) groups is 2. The zero-order valence-corrected chi connectivity index (χ0v) is 17.8. The first-order valence-electron chi connectivity index (χ1n) is 9.54. The van der Waals surface area contributed by atoms with E-state index in [1.54, 1.807) is 55.5 Å². The Labute approximate surface area is 181 Å². The maximum absolute atomic E-state index is 12.5. The highest BCUT2D eigenvalue weighted by molar-refractivity contribution is 6.33. The molecule has 5 nitrogen and oxygen atoms in total. The first-order chi connectivity index (χ1) is 14.3. The summed E-state index contributed by atoms with van der Waals surface area (Å²) in [6.45, 7) is 5.61. The van der Waals surface area contributed by atoms with E-state index in [-0.39, 0.29) is 11.8 Å². The molecule has 3 aromatic rings. The van der Waals surface area contributed by atoms with Crippen molar-refractivity contribution in [2.24, 2.45) is 0 Å². The molecule has 1 atom stereocenters. The van der Waals surface area contributed by atoms with Crippen molar-refractivity contribution >= 4 is 34.8 Å². The molecule has 0 radical (unpaired) electrons. The average molecular weight is 423 g/mol. The van der Waals surface area contributed by atoms with Crippen LogP contribution in [-0.4, -0.2) is 17.9 Å². The third kappa shape index (κ3) is 5.39. The molecule has 0 spiro atoms. The molecule has 0 bridgehead atoms. The van der Waals surface area contributed by atoms with Crippen LogP contribution in [0.1, 0.15) is 28.4 Å². The number of hydrogen-bond donors (Lipinski definition) is 2. The lowest BCUT2D eigenvalue weighted by Gasteiger charge is -2.15. The molecule has 0 aliphatic heterocycles. The Bertz CT molecular complexity index is 1060. The number of nitrogens with one attached hydrogen (secondary N) is 2. The molecular formula is C24H23ClN2O3. The van der Waals surface area contributed by atoms with E-state index in [9.17, 15) is 9.59 Å². The third-order valence-corrected chi connectivity index (χ3v) is 4.89. The fourth-order valence-electron chi connectivity index (χ4n) is 2.89. The summed E-state index contributed by atoms with van der Waals surface area (Å²) in [7, 11) is 0. The number of carbonyl (C=O) groups excluding carboxylic acids is 2. The number of rotatable bonds is 6. The van der Waals surface area contributed by atoms with Gasteiger partial charge in [-0.2, -0.15) is 0 Å². The summed E-state index contributed by atoms with van der Waals surface area (Å²) in [5, 5.41) is 6.10. The highest BCUT2D eigenvalue weighted by Gasteiger charge is 2.16. The van der Waals surface area contributed by atoms with Gasteiger partial charge in [-0.05, 0) is 68.8 Å². The van der Waals surface area contributed by atoms with Gasteiger partial charge >= 0.3 is 0 Å². The minimum atomic E-state index is -0.740. The van der Waals surface area contributed by atoms with E-state index in [4.69, 9.17) is 16.3 Å². The lowest BCUT2D eigenvalue weighted by atomic mass is 10.1. The second-order valence-corrected chi connectivity index (χ2v) is 7.43. The van der Waals surface area contributed by atoms with Gasteiger partial charge < -0.3 is 15.4 Å². The molecule has 30 heavy (non-hydrogen) atoms. The molecule has 1 unspecified atom stereocenters. The number of amides is 2. The largest absolute Gasteiger partial charge is 0.481 e. The van der Waals surface area contributed by atoms with Crippen LogP contribution in [0.15, 0.2) is 66.7 Å². The normalized spacial score (nSPS) is 11.5. The van der Waals surface area contributed by atoms with Gasteiger partial charge in [0.1, 0.15) is 5.75 Å². The Balaban J connectivity index is 1.60. The average Bonchev–Trinajstić information content (AvgIpc) is 2.72. The summed E-state index contributed by atoms with van der Waals surface area (Å²) in [5.41, 5.74) is 3.94. The van der Waals surface area contributed by atoms with E-state index in [1.165, 1.54) is 0 Å². The second-order valence-electron chi connectivity index (χ2n) is 7.03. The second kappa shape index (κ2) is 9.46. The number of halogens is 1. The van der Waals surface area contributed by atoms with Gasteiger partial charge in [0.05, 0.1) is 10.7 Å². The zero-order valence-electron chi connectivity index (χ0n) is 17.0. The minimum absolute atomic E-state index is 0.210. The van der Waals surface area contributed by atoms with E-state index in [1.807, 2.05) is 32.0 Å². The Hall–Kier alpha value is -3.31. The highest BCUT2D eigenvalue weighted by Crippen LogP contribution is 2.22.